The first kappa shape index (κ1) is 18.1. The zero-order valence-electron chi connectivity index (χ0n) is 15.0. The Hall–Kier alpha value is -2.66. The Balaban J connectivity index is 1.49. The van der Waals surface area contributed by atoms with Crippen LogP contribution in [0.15, 0.2) is 53.9 Å². The second kappa shape index (κ2) is 8.63. The molecular weight excluding hydrogens is 344 g/mol. The van der Waals surface area contributed by atoms with Crippen LogP contribution in [0.3, 0.4) is 0 Å². The molecule has 0 bridgehead atoms. The third-order valence-electron chi connectivity index (χ3n) is 4.11. The molecule has 0 atom stereocenters. The van der Waals surface area contributed by atoms with E-state index in [9.17, 15) is 4.79 Å². The monoisotopic (exact) mass is 366 g/mol. The highest BCUT2D eigenvalue weighted by atomic mass is 32.1. The van der Waals surface area contributed by atoms with Crippen molar-refractivity contribution < 1.29 is 9.53 Å². The Kier molecular flexibility index (Phi) is 6.02. The van der Waals surface area contributed by atoms with Gasteiger partial charge in [-0.05, 0) is 43.2 Å². The molecule has 0 aliphatic rings. The van der Waals surface area contributed by atoms with E-state index in [2.05, 4.69) is 29.4 Å². The molecule has 0 aliphatic carbocycles. The van der Waals surface area contributed by atoms with Gasteiger partial charge in [0.15, 0.2) is 0 Å². The number of aryl methyl sites for hydroxylation is 2. The molecule has 0 radical (unpaired) electrons. The minimum absolute atomic E-state index is 0.0459. The van der Waals surface area contributed by atoms with E-state index in [0.29, 0.717) is 19.4 Å². The summed E-state index contributed by atoms with van der Waals surface area (Å²) < 4.78 is 5.17. The second-order valence-corrected chi connectivity index (χ2v) is 6.99. The quantitative estimate of drug-likeness (QED) is 0.675. The maximum absolute atomic E-state index is 12.1. The van der Waals surface area contributed by atoms with Crippen molar-refractivity contribution in [2.45, 2.75) is 26.3 Å². The summed E-state index contributed by atoms with van der Waals surface area (Å²) in [6.07, 6.45) is 1.09. The molecule has 0 fully saturated rings. The van der Waals surface area contributed by atoms with Gasteiger partial charge in [0.05, 0.1) is 12.8 Å². The fourth-order valence-corrected chi connectivity index (χ4v) is 3.38. The van der Waals surface area contributed by atoms with Gasteiger partial charge in [-0.25, -0.2) is 4.98 Å². The number of benzene rings is 2. The molecule has 0 aliphatic heterocycles. The van der Waals surface area contributed by atoms with Gasteiger partial charge in [-0.15, -0.1) is 11.3 Å². The van der Waals surface area contributed by atoms with Crippen molar-refractivity contribution in [2.75, 3.05) is 7.11 Å². The van der Waals surface area contributed by atoms with Crippen LogP contribution < -0.4 is 10.1 Å². The SMILES string of the molecule is COc1ccc(-c2nc(CCC(=O)NCc3ccc(C)cc3)cs2)cc1. The maximum Gasteiger partial charge on any atom is 0.220 e. The predicted molar refractivity (Wildman–Crippen MR) is 105 cm³/mol. The lowest BCUT2D eigenvalue weighted by Crippen LogP contribution is -2.23. The fourth-order valence-electron chi connectivity index (χ4n) is 2.52. The van der Waals surface area contributed by atoms with Gasteiger partial charge in [0.1, 0.15) is 10.8 Å². The molecule has 0 spiro atoms. The Labute approximate surface area is 157 Å². The number of amides is 1. The zero-order chi connectivity index (χ0) is 18.4. The van der Waals surface area contributed by atoms with Crippen molar-refractivity contribution >= 4 is 17.2 Å². The summed E-state index contributed by atoms with van der Waals surface area (Å²) in [5.41, 5.74) is 4.34. The van der Waals surface area contributed by atoms with E-state index in [-0.39, 0.29) is 5.91 Å². The molecular formula is C21H22N2O2S. The summed E-state index contributed by atoms with van der Waals surface area (Å²) in [6, 6.07) is 16.0. The van der Waals surface area contributed by atoms with E-state index in [1.54, 1.807) is 18.4 Å². The number of nitrogens with zero attached hydrogens (tertiary/aromatic N) is 1. The number of hydrogen-bond donors (Lipinski definition) is 1. The van der Waals surface area contributed by atoms with E-state index in [4.69, 9.17) is 4.74 Å². The summed E-state index contributed by atoms with van der Waals surface area (Å²) >= 11 is 1.60. The van der Waals surface area contributed by atoms with Gasteiger partial charge in [0, 0.05) is 23.9 Å². The number of thiazole rings is 1. The molecule has 0 saturated carbocycles. The number of nitrogens with one attached hydrogen (secondary N) is 1. The number of hydrogen-bond acceptors (Lipinski definition) is 4. The number of methoxy groups -OCH3 is 1. The predicted octanol–water partition coefficient (Wildman–Crippen LogP) is 4.38. The molecule has 4 nitrogen and oxygen atoms in total. The maximum atomic E-state index is 12.1. The summed E-state index contributed by atoms with van der Waals surface area (Å²) in [5.74, 6) is 0.875. The van der Waals surface area contributed by atoms with E-state index >= 15 is 0 Å². The first-order chi connectivity index (χ1) is 12.6. The molecule has 0 saturated heterocycles. The van der Waals surface area contributed by atoms with Gasteiger partial charge in [-0.3, -0.25) is 4.79 Å². The van der Waals surface area contributed by atoms with Gasteiger partial charge in [0.2, 0.25) is 5.91 Å². The third-order valence-corrected chi connectivity index (χ3v) is 5.05. The average molecular weight is 366 g/mol. The largest absolute Gasteiger partial charge is 0.497 e. The molecule has 0 unspecified atom stereocenters. The van der Waals surface area contributed by atoms with E-state index < -0.39 is 0 Å². The molecule has 1 heterocycles. The van der Waals surface area contributed by atoms with Gasteiger partial charge in [-0.2, -0.15) is 0 Å². The molecule has 2 aromatic carbocycles. The first-order valence-corrected chi connectivity index (χ1v) is 9.43. The average Bonchev–Trinajstić information content (AvgIpc) is 3.15. The lowest BCUT2D eigenvalue weighted by atomic mass is 10.1. The Morgan fingerprint density at radius 1 is 1.12 bits per heavy atom. The highest BCUT2D eigenvalue weighted by Gasteiger charge is 2.08. The van der Waals surface area contributed by atoms with Crippen LogP contribution >= 0.6 is 11.3 Å². The van der Waals surface area contributed by atoms with Crippen molar-refractivity contribution in [2.24, 2.45) is 0 Å². The zero-order valence-corrected chi connectivity index (χ0v) is 15.8. The third kappa shape index (κ3) is 4.92. The molecule has 3 rings (SSSR count). The first-order valence-electron chi connectivity index (χ1n) is 8.55. The Morgan fingerprint density at radius 3 is 2.54 bits per heavy atom. The van der Waals surface area contributed by atoms with Crippen molar-refractivity contribution in [3.63, 3.8) is 0 Å². The fraction of sp³-hybridized carbons (Fsp3) is 0.238. The molecule has 1 aromatic heterocycles. The van der Waals surface area contributed by atoms with Crippen LogP contribution in [-0.4, -0.2) is 18.0 Å². The molecule has 1 amide bonds. The van der Waals surface area contributed by atoms with Gasteiger partial charge < -0.3 is 10.1 Å². The highest BCUT2D eigenvalue weighted by Crippen LogP contribution is 2.26. The van der Waals surface area contributed by atoms with Gasteiger partial charge in [-0.1, -0.05) is 29.8 Å². The topological polar surface area (TPSA) is 51.2 Å². The molecule has 1 N–H and O–H groups in total. The molecule has 134 valence electrons. The normalized spacial score (nSPS) is 10.5. The number of aromatic nitrogens is 1. The van der Waals surface area contributed by atoms with Crippen LogP contribution in [0.2, 0.25) is 0 Å². The summed E-state index contributed by atoms with van der Waals surface area (Å²) in [4.78, 5) is 16.7. The van der Waals surface area contributed by atoms with Crippen LogP contribution in [0.4, 0.5) is 0 Å². The van der Waals surface area contributed by atoms with Crippen LogP contribution in [-0.2, 0) is 17.8 Å². The molecule has 3 aromatic rings. The van der Waals surface area contributed by atoms with Crippen molar-refractivity contribution in [3.05, 3.63) is 70.7 Å². The lowest BCUT2D eigenvalue weighted by Gasteiger charge is -2.05. The summed E-state index contributed by atoms with van der Waals surface area (Å²) in [6.45, 7) is 2.61. The minimum Gasteiger partial charge on any atom is -0.497 e. The van der Waals surface area contributed by atoms with Crippen molar-refractivity contribution in [1.82, 2.24) is 10.3 Å². The van der Waals surface area contributed by atoms with Crippen molar-refractivity contribution in [3.8, 4) is 16.3 Å². The van der Waals surface area contributed by atoms with E-state index in [1.165, 1.54) is 5.56 Å². The molecule has 5 heteroatoms. The summed E-state index contributed by atoms with van der Waals surface area (Å²) in [7, 11) is 1.65. The number of ether oxygens (including phenoxy) is 1. The summed E-state index contributed by atoms with van der Waals surface area (Å²) in [5, 5.41) is 5.94. The van der Waals surface area contributed by atoms with Gasteiger partial charge in [0.25, 0.3) is 0 Å². The minimum atomic E-state index is 0.0459. The highest BCUT2D eigenvalue weighted by molar-refractivity contribution is 7.13. The number of carbonyl (C=O) groups excluding carboxylic acids is 1. The van der Waals surface area contributed by atoms with Gasteiger partial charge >= 0.3 is 0 Å². The lowest BCUT2D eigenvalue weighted by molar-refractivity contribution is -0.121. The van der Waals surface area contributed by atoms with E-state index in [1.807, 2.05) is 41.8 Å². The molecule has 26 heavy (non-hydrogen) atoms. The van der Waals surface area contributed by atoms with Crippen LogP contribution in [0.5, 0.6) is 5.75 Å². The van der Waals surface area contributed by atoms with Crippen LogP contribution in [0, 0.1) is 6.92 Å². The van der Waals surface area contributed by atoms with Crippen LogP contribution in [0.25, 0.3) is 10.6 Å². The van der Waals surface area contributed by atoms with Crippen molar-refractivity contribution in [1.29, 1.82) is 0 Å². The number of rotatable bonds is 7. The van der Waals surface area contributed by atoms with E-state index in [0.717, 1.165) is 27.6 Å². The Morgan fingerprint density at radius 2 is 1.85 bits per heavy atom. The smallest absolute Gasteiger partial charge is 0.220 e. The standard InChI is InChI=1S/C21H22N2O2S/c1-15-3-5-16(6-4-15)13-22-20(24)12-9-18-14-26-21(23-18)17-7-10-19(25-2)11-8-17/h3-8,10-11,14H,9,12-13H2,1-2H3,(H,22,24). The van der Waals surface area contributed by atoms with Crippen LogP contribution in [0.1, 0.15) is 23.2 Å². The number of carbonyl (C=O) groups is 1. The Bertz CT molecular complexity index is 854. The second-order valence-electron chi connectivity index (χ2n) is 6.13.